The number of likely N-dealkylation sites (tertiary alicyclic amines) is 1. The molecule has 2 aliphatic carbocycles. The van der Waals surface area contributed by atoms with Crippen LogP contribution in [0.1, 0.15) is 64.9 Å². The SMILES string of the molecule is C[C@H]1CC(F)(F)CN1C(=O)c1nc(C(=O)N[C@H]2C[C@H](O)C2)sc1-c1cnc(N[C@@H](C2CC2)C(F)(F)F)cc1C(F)(F)F. The van der Waals surface area contributed by atoms with E-state index in [1.807, 2.05) is 5.32 Å². The van der Waals surface area contributed by atoms with Gasteiger partial charge in [0.05, 0.1) is 23.1 Å². The van der Waals surface area contributed by atoms with Crippen molar-refractivity contribution >= 4 is 29.0 Å². The average Bonchev–Trinajstić information content (AvgIpc) is 3.51. The summed E-state index contributed by atoms with van der Waals surface area (Å²) in [7, 11) is 0. The van der Waals surface area contributed by atoms with Crippen LogP contribution in [-0.2, 0) is 6.18 Å². The summed E-state index contributed by atoms with van der Waals surface area (Å²) in [5, 5.41) is 13.6. The number of aromatic nitrogens is 2. The molecule has 3 N–H and O–H groups in total. The highest BCUT2D eigenvalue weighted by molar-refractivity contribution is 7.17. The molecule has 3 aliphatic rings. The Morgan fingerprint density at radius 1 is 1.17 bits per heavy atom. The van der Waals surface area contributed by atoms with E-state index in [1.54, 1.807) is 0 Å². The van der Waals surface area contributed by atoms with Gasteiger partial charge in [-0.05, 0) is 44.6 Å². The number of aliphatic hydroxyl groups is 1. The van der Waals surface area contributed by atoms with Gasteiger partial charge in [-0.15, -0.1) is 11.3 Å². The number of nitrogens with one attached hydrogen (secondary N) is 2. The van der Waals surface area contributed by atoms with Gasteiger partial charge in [-0.1, -0.05) is 0 Å². The maximum atomic E-state index is 14.3. The second kappa shape index (κ2) is 10.6. The molecule has 2 amide bonds. The lowest BCUT2D eigenvalue weighted by Gasteiger charge is -2.31. The molecule has 17 heteroatoms. The predicted octanol–water partition coefficient (Wildman–Crippen LogP) is 5.10. The van der Waals surface area contributed by atoms with E-state index >= 15 is 0 Å². The molecule has 2 saturated carbocycles. The number of pyridine rings is 1. The summed E-state index contributed by atoms with van der Waals surface area (Å²) in [6.07, 6.45) is -9.65. The van der Waals surface area contributed by atoms with Gasteiger partial charge in [-0.2, -0.15) is 26.3 Å². The van der Waals surface area contributed by atoms with Crippen molar-refractivity contribution < 1.29 is 49.8 Å². The van der Waals surface area contributed by atoms with Gasteiger partial charge in [-0.3, -0.25) is 9.59 Å². The zero-order valence-electron chi connectivity index (χ0n) is 21.8. The Hall–Kier alpha value is -3.08. The Bertz CT molecular complexity index is 1370. The van der Waals surface area contributed by atoms with Gasteiger partial charge < -0.3 is 20.6 Å². The van der Waals surface area contributed by atoms with E-state index in [2.05, 4.69) is 15.3 Å². The number of aliphatic hydroxyl groups excluding tert-OH is 1. The summed E-state index contributed by atoms with van der Waals surface area (Å²) >= 11 is 0.394. The third-order valence-electron chi connectivity index (χ3n) is 7.46. The normalized spacial score (nSPS) is 24.7. The van der Waals surface area contributed by atoms with Crippen LogP contribution >= 0.6 is 11.3 Å². The first kappa shape index (κ1) is 30.4. The molecule has 3 fully saturated rings. The van der Waals surface area contributed by atoms with E-state index in [9.17, 15) is 49.8 Å². The Labute approximate surface area is 237 Å². The van der Waals surface area contributed by atoms with Gasteiger partial charge >= 0.3 is 12.4 Å². The molecular weight excluding hydrogens is 602 g/mol. The highest BCUT2D eigenvalue weighted by Gasteiger charge is 2.50. The molecular formula is C25H25F8N5O3S. The second-order valence-corrected chi connectivity index (χ2v) is 11.9. The van der Waals surface area contributed by atoms with Gasteiger partial charge in [0.2, 0.25) is 0 Å². The van der Waals surface area contributed by atoms with E-state index < -0.39 is 106 Å². The van der Waals surface area contributed by atoms with E-state index in [-0.39, 0.29) is 25.7 Å². The Balaban J connectivity index is 1.55. The fraction of sp³-hybridized carbons (Fsp3) is 0.600. The predicted molar refractivity (Wildman–Crippen MR) is 133 cm³/mol. The van der Waals surface area contributed by atoms with Crippen LogP contribution in [0.4, 0.5) is 40.9 Å². The summed E-state index contributed by atoms with van der Waals surface area (Å²) in [4.78, 5) is 34.2. The van der Waals surface area contributed by atoms with Crippen LogP contribution in [0.3, 0.4) is 0 Å². The first-order chi connectivity index (χ1) is 19.4. The zero-order chi connectivity index (χ0) is 30.8. The molecule has 0 spiro atoms. The van der Waals surface area contributed by atoms with Gasteiger partial charge in [0, 0.05) is 30.3 Å². The number of hydrogen-bond donors (Lipinski definition) is 3. The molecule has 1 aliphatic heterocycles. The molecule has 0 aromatic carbocycles. The van der Waals surface area contributed by atoms with Crippen molar-refractivity contribution in [1.82, 2.24) is 20.2 Å². The lowest BCUT2D eigenvalue weighted by Crippen LogP contribution is -2.46. The smallest absolute Gasteiger partial charge is 0.393 e. The van der Waals surface area contributed by atoms with Gasteiger partial charge in [-0.25, -0.2) is 18.7 Å². The van der Waals surface area contributed by atoms with Crippen molar-refractivity contribution in [3.05, 3.63) is 28.5 Å². The molecule has 1 saturated heterocycles. The number of nitrogens with zero attached hydrogens (tertiary/aromatic N) is 3. The van der Waals surface area contributed by atoms with Crippen LogP contribution in [0.15, 0.2) is 12.3 Å². The van der Waals surface area contributed by atoms with E-state index in [4.69, 9.17) is 0 Å². The molecule has 8 nitrogen and oxygen atoms in total. The van der Waals surface area contributed by atoms with Crippen LogP contribution in [0.25, 0.3) is 10.4 Å². The quantitative estimate of drug-likeness (QED) is 0.369. The van der Waals surface area contributed by atoms with Crippen LogP contribution in [0, 0.1) is 5.92 Å². The van der Waals surface area contributed by atoms with Gasteiger partial charge in [0.15, 0.2) is 5.01 Å². The maximum absolute atomic E-state index is 14.3. The molecule has 230 valence electrons. The molecule has 2 atom stereocenters. The highest BCUT2D eigenvalue weighted by atomic mass is 32.1. The number of rotatable bonds is 7. The van der Waals surface area contributed by atoms with Gasteiger partial charge in [0.25, 0.3) is 17.7 Å². The van der Waals surface area contributed by atoms with Crippen molar-refractivity contribution in [2.75, 3.05) is 11.9 Å². The highest BCUT2D eigenvalue weighted by Crippen LogP contribution is 2.45. The van der Waals surface area contributed by atoms with Crippen molar-refractivity contribution in [2.24, 2.45) is 5.92 Å². The zero-order valence-corrected chi connectivity index (χ0v) is 22.6. The first-order valence-electron chi connectivity index (χ1n) is 13.0. The van der Waals surface area contributed by atoms with Crippen molar-refractivity contribution in [1.29, 1.82) is 0 Å². The van der Waals surface area contributed by atoms with Crippen LogP contribution in [-0.4, -0.2) is 74.7 Å². The van der Waals surface area contributed by atoms with Crippen molar-refractivity contribution in [3.8, 4) is 10.4 Å². The molecule has 0 unspecified atom stereocenters. The number of alkyl halides is 8. The largest absolute Gasteiger partial charge is 0.417 e. The average molecular weight is 628 g/mol. The van der Waals surface area contributed by atoms with Crippen molar-refractivity contribution in [2.45, 2.75) is 81.5 Å². The maximum Gasteiger partial charge on any atom is 0.417 e. The third-order valence-corrected chi connectivity index (χ3v) is 8.55. The summed E-state index contributed by atoms with van der Waals surface area (Å²) in [5.74, 6) is -6.75. The minimum atomic E-state index is -5.15. The number of carbonyl (C=O) groups excluding carboxylic acids is 2. The molecule has 2 aromatic rings. The number of amides is 2. The lowest BCUT2D eigenvalue weighted by molar-refractivity contribution is -0.146. The van der Waals surface area contributed by atoms with E-state index in [1.165, 1.54) is 6.92 Å². The van der Waals surface area contributed by atoms with Crippen LogP contribution in [0.5, 0.6) is 0 Å². The second-order valence-electron chi connectivity index (χ2n) is 10.9. The Kier molecular flexibility index (Phi) is 7.65. The number of halogens is 8. The molecule has 0 radical (unpaired) electrons. The molecule has 42 heavy (non-hydrogen) atoms. The standard InChI is InChI=1S/C25H25F8N5O3S/c1-10-7-23(26,27)9-38(10)22(41)17-18(42-21(37-17)20(40)35-12-4-13(39)5-12)14-8-34-16(6-15(14)24(28,29)30)36-19(11-2-3-11)25(31,32)33/h6,8,10-13,19,39H,2-5,7,9H2,1H3,(H,34,36)(H,35,40)/t10-,12-,13-,19-/m0/s1. The first-order valence-corrected chi connectivity index (χ1v) is 13.8. The topological polar surface area (TPSA) is 107 Å². The number of carbonyl (C=O) groups is 2. The summed E-state index contributed by atoms with van der Waals surface area (Å²) in [5.41, 5.74) is -2.90. The van der Waals surface area contributed by atoms with Gasteiger partial charge in [0.1, 0.15) is 17.6 Å². The molecule has 2 aromatic heterocycles. The van der Waals surface area contributed by atoms with E-state index in [0.717, 1.165) is 4.90 Å². The fourth-order valence-electron chi connectivity index (χ4n) is 5.12. The number of anilines is 1. The molecule has 5 rings (SSSR count). The lowest BCUT2D eigenvalue weighted by atomic mass is 9.89. The summed E-state index contributed by atoms with van der Waals surface area (Å²) < 4.78 is 112. The summed E-state index contributed by atoms with van der Waals surface area (Å²) in [6, 6.07) is -3.17. The number of thiazole rings is 1. The monoisotopic (exact) mass is 627 g/mol. The number of hydrogen-bond acceptors (Lipinski definition) is 7. The van der Waals surface area contributed by atoms with Crippen molar-refractivity contribution in [3.63, 3.8) is 0 Å². The van der Waals surface area contributed by atoms with Crippen LogP contribution < -0.4 is 10.6 Å². The molecule has 3 heterocycles. The molecule has 0 bridgehead atoms. The Morgan fingerprint density at radius 2 is 1.83 bits per heavy atom. The summed E-state index contributed by atoms with van der Waals surface area (Å²) in [6.45, 7) is 0.319. The van der Waals surface area contributed by atoms with Crippen LogP contribution in [0.2, 0.25) is 0 Å². The minimum Gasteiger partial charge on any atom is -0.393 e. The Morgan fingerprint density at radius 3 is 2.36 bits per heavy atom. The third kappa shape index (κ3) is 6.31. The fourth-order valence-corrected chi connectivity index (χ4v) is 6.11. The minimum absolute atomic E-state index is 0.229. The van der Waals surface area contributed by atoms with E-state index in [0.29, 0.717) is 23.6 Å².